The van der Waals surface area contributed by atoms with Crippen LogP contribution in [0, 0.1) is 3.57 Å². The van der Waals surface area contributed by atoms with Crippen LogP contribution >= 0.6 is 34.2 Å². The largest absolute Gasteiger partial charge is 0.494 e. The molecule has 0 saturated carbocycles. The van der Waals surface area contributed by atoms with E-state index >= 15 is 0 Å². The second-order valence-corrected chi connectivity index (χ2v) is 5.65. The highest BCUT2D eigenvalue weighted by Gasteiger charge is 2.01. The van der Waals surface area contributed by atoms with Crippen LogP contribution in [0.15, 0.2) is 42.5 Å². The maximum Gasteiger partial charge on any atom is 0.119 e. The molecule has 0 saturated heterocycles. The lowest BCUT2D eigenvalue weighted by Crippen LogP contribution is -2.01. The lowest BCUT2D eigenvalue weighted by Gasteiger charge is -2.10. The van der Waals surface area contributed by atoms with Crippen molar-refractivity contribution in [1.82, 2.24) is 0 Å². The fourth-order valence-corrected chi connectivity index (χ4v) is 2.76. The van der Waals surface area contributed by atoms with E-state index in [1.165, 1.54) is 5.56 Å². The lowest BCUT2D eigenvalue weighted by molar-refractivity contribution is 0.340. The van der Waals surface area contributed by atoms with E-state index in [4.69, 9.17) is 16.3 Å². The number of ether oxygens (including phenoxy) is 1. The van der Waals surface area contributed by atoms with Crippen molar-refractivity contribution < 1.29 is 4.74 Å². The SMILES string of the molecule is CCOc1ccc(CNc2ccc(Cl)cc2I)cc1. The second-order valence-electron chi connectivity index (χ2n) is 4.05. The van der Waals surface area contributed by atoms with E-state index < -0.39 is 0 Å². The van der Waals surface area contributed by atoms with Gasteiger partial charge in [-0.2, -0.15) is 0 Å². The van der Waals surface area contributed by atoms with Crippen LogP contribution in [0.3, 0.4) is 0 Å². The molecule has 19 heavy (non-hydrogen) atoms. The summed E-state index contributed by atoms with van der Waals surface area (Å²) in [6.45, 7) is 3.46. The number of nitrogens with one attached hydrogen (secondary N) is 1. The molecule has 0 spiro atoms. The first-order chi connectivity index (χ1) is 9.19. The fourth-order valence-electron chi connectivity index (χ4n) is 1.70. The number of hydrogen-bond acceptors (Lipinski definition) is 2. The van der Waals surface area contributed by atoms with E-state index in [2.05, 4.69) is 40.0 Å². The standard InChI is InChI=1S/C15H15ClINO/c1-2-19-13-6-3-11(4-7-13)10-18-15-8-5-12(16)9-14(15)17/h3-9,18H,2,10H2,1H3. The average Bonchev–Trinajstić information content (AvgIpc) is 2.40. The fraction of sp³-hybridized carbons (Fsp3) is 0.200. The van der Waals surface area contributed by atoms with Crippen LogP contribution in [0.5, 0.6) is 5.75 Å². The van der Waals surface area contributed by atoms with Crippen molar-refractivity contribution in [2.75, 3.05) is 11.9 Å². The molecule has 0 radical (unpaired) electrons. The second kappa shape index (κ2) is 7.01. The van der Waals surface area contributed by atoms with Gasteiger partial charge in [0, 0.05) is 20.8 Å². The first-order valence-electron chi connectivity index (χ1n) is 6.09. The van der Waals surface area contributed by atoms with Gasteiger partial charge in [-0.15, -0.1) is 0 Å². The van der Waals surface area contributed by atoms with Crippen LogP contribution < -0.4 is 10.1 Å². The molecular formula is C15H15ClINO. The molecule has 0 aliphatic rings. The van der Waals surface area contributed by atoms with Gasteiger partial charge in [0.25, 0.3) is 0 Å². The Balaban J connectivity index is 1.98. The third kappa shape index (κ3) is 4.28. The molecule has 0 heterocycles. The van der Waals surface area contributed by atoms with E-state index in [9.17, 15) is 0 Å². The van der Waals surface area contributed by atoms with Crippen molar-refractivity contribution in [3.8, 4) is 5.75 Å². The maximum absolute atomic E-state index is 5.93. The first kappa shape index (κ1) is 14.5. The molecule has 2 aromatic carbocycles. The number of hydrogen-bond donors (Lipinski definition) is 1. The van der Waals surface area contributed by atoms with Crippen molar-refractivity contribution >= 4 is 39.9 Å². The number of benzene rings is 2. The van der Waals surface area contributed by atoms with Crippen LogP contribution in [0.1, 0.15) is 12.5 Å². The lowest BCUT2D eigenvalue weighted by atomic mass is 10.2. The highest BCUT2D eigenvalue weighted by Crippen LogP contribution is 2.23. The molecule has 0 fully saturated rings. The zero-order valence-electron chi connectivity index (χ0n) is 10.6. The molecule has 0 unspecified atom stereocenters. The van der Waals surface area contributed by atoms with Gasteiger partial charge in [-0.1, -0.05) is 23.7 Å². The molecule has 4 heteroatoms. The summed E-state index contributed by atoms with van der Waals surface area (Å²) >= 11 is 8.21. The van der Waals surface area contributed by atoms with Crippen molar-refractivity contribution in [1.29, 1.82) is 0 Å². The minimum absolute atomic E-state index is 0.695. The smallest absolute Gasteiger partial charge is 0.119 e. The molecule has 0 atom stereocenters. The molecule has 2 rings (SSSR count). The Kier molecular flexibility index (Phi) is 5.34. The Labute approximate surface area is 132 Å². The molecule has 1 N–H and O–H groups in total. The zero-order valence-corrected chi connectivity index (χ0v) is 13.5. The van der Waals surface area contributed by atoms with Crippen molar-refractivity contribution in [2.24, 2.45) is 0 Å². The van der Waals surface area contributed by atoms with Gasteiger partial charge in [0.15, 0.2) is 0 Å². The topological polar surface area (TPSA) is 21.3 Å². The van der Waals surface area contributed by atoms with Crippen LogP contribution in [-0.4, -0.2) is 6.61 Å². The zero-order chi connectivity index (χ0) is 13.7. The Bertz CT molecular complexity index is 542. The normalized spacial score (nSPS) is 10.3. The summed E-state index contributed by atoms with van der Waals surface area (Å²) in [5.41, 5.74) is 2.31. The van der Waals surface area contributed by atoms with Gasteiger partial charge in [0.2, 0.25) is 0 Å². The van der Waals surface area contributed by atoms with Crippen molar-refractivity contribution in [3.63, 3.8) is 0 Å². The predicted octanol–water partition coefficient (Wildman–Crippen LogP) is 4.96. The maximum atomic E-state index is 5.93. The third-order valence-electron chi connectivity index (χ3n) is 2.65. The van der Waals surface area contributed by atoms with E-state index in [-0.39, 0.29) is 0 Å². The summed E-state index contributed by atoms with van der Waals surface area (Å²) in [4.78, 5) is 0. The molecule has 0 aromatic heterocycles. The summed E-state index contributed by atoms with van der Waals surface area (Å²) < 4.78 is 6.54. The Hall–Kier alpha value is -0.940. The minimum atomic E-state index is 0.695. The Morgan fingerprint density at radius 2 is 1.89 bits per heavy atom. The molecule has 0 amide bonds. The minimum Gasteiger partial charge on any atom is -0.494 e. The molecule has 2 nitrogen and oxygen atoms in total. The summed E-state index contributed by atoms with van der Waals surface area (Å²) in [5, 5.41) is 4.16. The number of rotatable bonds is 5. The first-order valence-corrected chi connectivity index (χ1v) is 7.55. The highest BCUT2D eigenvalue weighted by molar-refractivity contribution is 14.1. The van der Waals surface area contributed by atoms with Gasteiger partial charge in [-0.3, -0.25) is 0 Å². The quantitative estimate of drug-likeness (QED) is 0.733. The van der Waals surface area contributed by atoms with E-state index in [1.807, 2.05) is 37.3 Å². The van der Waals surface area contributed by atoms with Gasteiger partial charge in [-0.05, 0) is 65.4 Å². The van der Waals surface area contributed by atoms with Gasteiger partial charge in [0.05, 0.1) is 6.61 Å². The van der Waals surface area contributed by atoms with E-state index in [1.54, 1.807) is 0 Å². The summed E-state index contributed by atoms with van der Waals surface area (Å²) in [6, 6.07) is 14.0. The van der Waals surface area contributed by atoms with Crippen LogP contribution in [0.4, 0.5) is 5.69 Å². The molecule has 0 aliphatic heterocycles. The summed E-state index contributed by atoms with van der Waals surface area (Å²) in [5.74, 6) is 0.910. The van der Waals surface area contributed by atoms with Crippen LogP contribution in [0.2, 0.25) is 5.02 Å². The van der Waals surface area contributed by atoms with Crippen LogP contribution in [0.25, 0.3) is 0 Å². The predicted molar refractivity (Wildman–Crippen MR) is 89.1 cm³/mol. The number of anilines is 1. The molecule has 0 bridgehead atoms. The highest BCUT2D eigenvalue weighted by atomic mass is 127. The molecule has 2 aromatic rings. The summed E-state index contributed by atoms with van der Waals surface area (Å²) in [7, 11) is 0. The van der Waals surface area contributed by atoms with Gasteiger partial charge < -0.3 is 10.1 Å². The average molecular weight is 388 g/mol. The van der Waals surface area contributed by atoms with E-state index in [0.717, 1.165) is 26.6 Å². The Morgan fingerprint density at radius 3 is 2.53 bits per heavy atom. The van der Waals surface area contributed by atoms with Crippen molar-refractivity contribution in [2.45, 2.75) is 13.5 Å². The molecule has 0 aliphatic carbocycles. The Morgan fingerprint density at radius 1 is 1.16 bits per heavy atom. The van der Waals surface area contributed by atoms with Crippen molar-refractivity contribution in [3.05, 3.63) is 56.6 Å². The van der Waals surface area contributed by atoms with Gasteiger partial charge >= 0.3 is 0 Å². The van der Waals surface area contributed by atoms with Gasteiger partial charge in [0.1, 0.15) is 5.75 Å². The van der Waals surface area contributed by atoms with Crippen LogP contribution in [-0.2, 0) is 6.54 Å². The molecule has 100 valence electrons. The monoisotopic (exact) mass is 387 g/mol. The van der Waals surface area contributed by atoms with E-state index in [0.29, 0.717) is 6.61 Å². The molecular weight excluding hydrogens is 373 g/mol. The summed E-state index contributed by atoms with van der Waals surface area (Å²) in [6.07, 6.45) is 0. The van der Waals surface area contributed by atoms with Gasteiger partial charge in [-0.25, -0.2) is 0 Å². The third-order valence-corrected chi connectivity index (χ3v) is 3.78. The number of halogens is 2.